The van der Waals surface area contributed by atoms with Crippen LogP contribution in [-0.4, -0.2) is 21.1 Å². The summed E-state index contributed by atoms with van der Waals surface area (Å²) in [5, 5.41) is 0.740. The van der Waals surface area contributed by atoms with Crippen molar-refractivity contribution in [3.63, 3.8) is 0 Å². The first kappa shape index (κ1) is 20.9. The number of nitrogens with zero attached hydrogens (tertiary/aromatic N) is 1. The summed E-state index contributed by atoms with van der Waals surface area (Å²) in [5.41, 5.74) is 2.12. The maximum Gasteiger partial charge on any atom is 0.573 e. The molecule has 158 valence electrons. The summed E-state index contributed by atoms with van der Waals surface area (Å²) in [6.45, 7) is 0. The molecule has 30 heavy (non-hydrogen) atoms. The van der Waals surface area contributed by atoms with E-state index in [2.05, 4.69) is 14.2 Å². The molecule has 1 aliphatic rings. The Labute approximate surface area is 173 Å². The number of fused-ring (bicyclic) bond motifs is 1. The van der Waals surface area contributed by atoms with Gasteiger partial charge in [-0.2, -0.15) is 0 Å². The third-order valence-corrected chi connectivity index (χ3v) is 5.41. The van der Waals surface area contributed by atoms with Crippen molar-refractivity contribution in [2.45, 2.75) is 24.6 Å². The minimum absolute atomic E-state index is 0.0687. The third-order valence-electron chi connectivity index (χ3n) is 4.68. The fourth-order valence-electron chi connectivity index (χ4n) is 3.38. The van der Waals surface area contributed by atoms with Crippen molar-refractivity contribution in [3.8, 4) is 11.5 Å². The zero-order valence-electron chi connectivity index (χ0n) is 15.0. The van der Waals surface area contributed by atoms with E-state index in [0.29, 0.717) is 10.9 Å². The average molecular weight is 460 g/mol. The SMILES string of the molecule is O=P(O)(O)Oc1cc(Cl)c2nc(C3CC3c3ccc(OC(F)(F)F)cc3)ccc2c1. The van der Waals surface area contributed by atoms with E-state index in [0.717, 1.165) is 17.7 Å². The summed E-state index contributed by atoms with van der Waals surface area (Å²) in [6, 6.07) is 12.0. The highest BCUT2D eigenvalue weighted by atomic mass is 35.5. The summed E-state index contributed by atoms with van der Waals surface area (Å²) in [5.74, 6) is -0.134. The summed E-state index contributed by atoms with van der Waals surface area (Å²) >= 11 is 6.21. The van der Waals surface area contributed by atoms with Crippen LogP contribution in [0.4, 0.5) is 13.2 Å². The number of hydrogen-bond acceptors (Lipinski definition) is 4. The Hall–Kier alpha value is -2.32. The Bertz CT molecular complexity index is 1150. The second-order valence-corrected chi connectivity index (χ2v) is 8.43. The van der Waals surface area contributed by atoms with Crippen molar-refractivity contribution in [1.82, 2.24) is 4.98 Å². The molecule has 2 unspecified atom stereocenters. The van der Waals surface area contributed by atoms with Gasteiger partial charge in [-0.15, -0.1) is 13.2 Å². The molecule has 1 aliphatic carbocycles. The highest BCUT2D eigenvalue weighted by molar-refractivity contribution is 7.46. The smallest absolute Gasteiger partial charge is 0.406 e. The van der Waals surface area contributed by atoms with Crippen molar-refractivity contribution in [3.05, 3.63) is 64.8 Å². The van der Waals surface area contributed by atoms with Crippen molar-refractivity contribution < 1.29 is 36.8 Å². The van der Waals surface area contributed by atoms with E-state index in [4.69, 9.17) is 21.4 Å². The molecule has 2 aromatic carbocycles. The van der Waals surface area contributed by atoms with Crippen molar-refractivity contribution in [1.29, 1.82) is 0 Å². The fourth-order valence-corrected chi connectivity index (χ4v) is 4.02. The molecule has 0 aliphatic heterocycles. The molecular formula is C19H14ClF3NO5P. The first-order valence-electron chi connectivity index (χ1n) is 8.69. The van der Waals surface area contributed by atoms with Gasteiger partial charge in [-0.1, -0.05) is 29.8 Å². The standard InChI is InChI=1S/C19H14ClF3NO5P/c20-16-8-13(29-30(25,26)27)7-11-3-6-17(24-18(11)16)15-9-14(15)10-1-4-12(5-2-10)28-19(21,22)23/h1-8,14-15H,9H2,(H2,25,26,27). The molecule has 4 rings (SSSR count). The molecule has 6 nitrogen and oxygen atoms in total. The van der Waals surface area contributed by atoms with Crippen LogP contribution in [0.2, 0.25) is 5.02 Å². The summed E-state index contributed by atoms with van der Waals surface area (Å²) in [4.78, 5) is 22.4. The van der Waals surface area contributed by atoms with Gasteiger partial charge in [0.15, 0.2) is 0 Å². The molecular weight excluding hydrogens is 446 g/mol. The van der Waals surface area contributed by atoms with Crippen molar-refractivity contribution in [2.24, 2.45) is 0 Å². The first-order valence-corrected chi connectivity index (χ1v) is 10.6. The lowest BCUT2D eigenvalue weighted by molar-refractivity contribution is -0.274. The number of ether oxygens (including phenoxy) is 1. The minimum Gasteiger partial charge on any atom is -0.406 e. The van der Waals surface area contributed by atoms with Crippen LogP contribution in [0.25, 0.3) is 10.9 Å². The van der Waals surface area contributed by atoms with Gasteiger partial charge in [-0.3, -0.25) is 14.8 Å². The number of phosphoric ester groups is 1. The van der Waals surface area contributed by atoms with E-state index >= 15 is 0 Å². The van der Waals surface area contributed by atoms with Gasteiger partial charge in [0.1, 0.15) is 11.5 Å². The summed E-state index contributed by atoms with van der Waals surface area (Å²) < 4.78 is 56.3. The molecule has 0 spiro atoms. The highest BCUT2D eigenvalue weighted by Crippen LogP contribution is 2.54. The van der Waals surface area contributed by atoms with Crippen molar-refractivity contribution >= 4 is 30.3 Å². The van der Waals surface area contributed by atoms with E-state index in [9.17, 15) is 17.7 Å². The maximum absolute atomic E-state index is 12.3. The van der Waals surface area contributed by atoms with Gasteiger partial charge in [0, 0.05) is 23.1 Å². The monoisotopic (exact) mass is 459 g/mol. The number of alkyl halides is 3. The number of hydrogen-bond donors (Lipinski definition) is 2. The zero-order valence-corrected chi connectivity index (χ0v) is 16.7. The molecule has 2 N–H and O–H groups in total. The van der Waals surface area contributed by atoms with Gasteiger partial charge in [-0.05, 0) is 42.2 Å². The Morgan fingerprint density at radius 3 is 2.37 bits per heavy atom. The van der Waals surface area contributed by atoms with Crippen LogP contribution in [0, 0.1) is 0 Å². The van der Waals surface area contributed by atoms with E-state index in [1.165, 1.54) is 24.3 Å². The molecule has 0 amide bonds. The van der Waals surface area contributed by atoms with E-state index in [1.54, 1.807) is 24.3 Å². The second-order valence-electron chi connectivity index (χ2n) is 6.86. The van der Waals surface area contributed by atoms with Crippen molar-refractivity contribution in [2.75, 3.05) is 0 Å². The lowest BCUT2D eigenvalue weighted by atomic mass is 10.1. The van der Waals surface area contributed by atoms with Crippen LogP contribution < -0.4 is 9.26 Å². The number of benzene rings is 2. The fraction of sp³-hybridized carbons (Fsp3) is 0.211. The van der Waals surface area contributed by atoms with E-state index < -0.39 is 14.2 Å². The number of halogens is 4. The Balaban J connectivity index is 1.53. The summed E-state index contributed by atoms with van der Waals surface area (Å²) in [7, 11) is -4.71. The largest absolute Gasteiger partial charge is 0.573 e. The third kappa shape index (κ3) is 4.87. The lowest BCUT2D eigenvalue weighted by Crippen LogP contribution is -2.16. The number of rotatable bonds is 5. The zero-order chi connectivity index (χ0) is 21.7. The van der Waals surface area contributed by atoms with Gasteiger partial charge in [0.25, 0.3) is 0 Å². The van der Waals surface area contributed by atoms with Crippen LogP contribution in [0.3, 0.4) is 0 Å². The van der Waals surface area contributed by atoms with Crippen LogP contribution in [-0.2, 0) is 4.57 Å². The van der Waals surface area contributed by atoms with Gasteiger partial charge in [0.2, 0.25) is 0 Å². The molecule has 0 bridgehead atoms. The Morgan fingerprint density at radius 2 is 1.73 bits per heavy atom. The van der Waals surface area contributed by atoms with Crippen LogP contribution in [0.15, 0.2) is 48.5 Å². The molecule has 1 fully saturated rings. The minimum atomic E-state index is -4.73. The average Bonchev–Trinajstić information content (AvgIpc) is 3.40. The Morgan fingerprint density at radius 1 is 1.03 bits per heavy atom. The van der Waals surface area contributed by atoms with Gasteiger partial charge < -0.3 is 9.26 Å². The molecule has 0 saturated heterocycles. The molecule has 2 atom stereocenters. The van der Waals surface area contributed by atoms with Crippen LogP contribution in [0.5, 0.6) is 11.5 Å². The van der Waals surface area contributed by atoms with Crippen LogP contribution in [0.1, 0.15) is 29.5 Å². The molecule has 1 aromatic heterocycles. The second kappa shape index (κ2) is 7.42. The number of phosphoric acid groups is 1. The van der Waals surface area contributed by atoms with Gasteiger partial charge >= 0.3 is 14.2 Å². The Kier molecular flexibility index (Phi) is 5.18. The lowest BCUT2D eigenvalue weighted by Gasteiger charge is -2.10. The van der Waals surface area contributed by atoms with Crippen LogP contribution >= 0.6 is 19.4 Å². The van der Waals surface area contributed by atoms with Gasteiger partial charge in [-0.25, -0.2) is 4.57 Å². The normalized spacial score (nSPS) is 19.0. The molecule has 11 heteroatoms. The highest BCUT2D eigenvalue weighted by Gasteiger charge is 2.41. The first-order chi connectivity index (χ1) is 14.0. The number of aromatic nitrogens is 1. The molecule has 1 heterocycles. The van der Waals surface area contributed by atoms with E-state index in [1.807, 2.05) is 0 Å². The maximum atomic E-state index is 12.3. The molecule has 3 aromatic rings. The molecule has 0 radical (unpaired) electrons. The summed E-state index contributed by atoms with van der Waals surface area (Å²) in [6.07, 6.45) is -3.94. The quantitative estimate of drug-likeness (QED) is 0.488. The predicted molar refractivity (Wildman–Crippen MR) is 103 cm³/mol. The molecule has 1 saturated carbocycles. The predicted octanol–water partition coefficient (Wildman–Crippen LogP) is 5.53. The van der Waals surface area contributed by atoms with E-state index in [-0.39, 0.29) is 28.4 Å². The number of pyridine rings is 1. The van der Waals surface area contributed by atoms with Gasteiger partial charge in [0.05, 0.1) is 10.5 Å². The topological polar surface area (TPSA) is 88.9 Å².